The van der Waals surface area contributed by atoms with Crippen LogP contribution in [-0.2, 0) is 14.8 Å². The number of ether oxygens (including phenoxy) is 1. The van der Waals surface area contributed by atoms with Gasteiger partial charge in [0, 0.05) is 36.0 Å². The number of nitrogens with one attached hydrogen (secondary N) is 1. The van der Waals surface area contributed by atoms with Gasteiger partial charge in [0.15, 0.2) is 0 Å². The maximum absolute atomic E-state index is 14.4. The van der Waals surface area contributed by atoms with Crippen LogP contribution in [0, 0.1) is 19.7 Å². The average Bonchev–Trinajstić information content (AvgIpc) is 3.38. The van der Waals surface area contributed by atoms with Gasteiger partial charge < -0.3 is 14.6 Å². The van der Waals surface area contributed by atoms with E-state index < -0.39 is 20.7 Å². The van der Waals surface area contributed by atoms with Gasteiger partial charge in [-0.3, -0.25) is 4.79 Å². The Labute approximate surface area is 184 Å². The number of halogens is 1. The van der Waals surface area contributed by atoms with Gasteiger partial charge in [0.1, 0.15) is 15.7 Å². The molecule has 10 heteroatoms. The summed E-state index contributed by atoms with van der Waals surface area (Å²) in [5.74, 6) is -1.24. The summed E-state index contributed by atoms with van der Waals surface area (Å²) in [5.41, 5.74) is 1.55. The summed E-state index contributed by atoms with van der Waals surface area (Å²) in [6, 6.07) is 7.32. The lowest BCUT2D eigenvalue weighted by atomic mass is 10.1. The van der Waals surface area contributed by atoms with Crippen molar-refractivity contribution >= 4 is 33.0 Å². The number of hydrogen-bond acceptors (Lipinski definition) is 5. The van der Waals surface area contributed by atoms with E-state index >= 15 is 0 Å². The molecule has 1 aromatic carbocycles. The number of aromatic nitrogens is 1. The van der Waals surface area contributed by atoms with Crippen molar-refractivity contribution in [1.82, 2.24) is 8.87 Å². The highest BCUT2D eigenvalue weighted by atomic mass is 32.2. The third-order valence-corrected chi connectivity index (χ3v) is 8.34. The Morgan fingerprint density at radius 1 is 1.16 bits per heavy atom. The van der Waals surface area contributed by atoms with Gasteiger partial charge in [0.05, 0.1) is 18.8 Å². The number of nitrogens with zero attached hydrogens (tertiary/aromatic N) is 2. The van der Waals surface area contributed by atoms with Crippen molar-refractivity contribution in [3.8, 4) is 5.00 Å². The molecule has 1 N–H and O–H groups in total. The number of carbonyl (C=O) groups excluding carboxylic acids is 1. The molecule has 0 aliphatic carbocycles. The van der Waals surface area contributed by atoms with Crippen LogP contribution < -0.4 is 5.32 Å². The molecule has 3 aromatic rings. The van der Waals surface area contributed by atoms with E-state index in [1.54, 1.807) is 0 Å². The maximum atomic E-state index is 14.4. The number of sulfonamides is 1. The van der Waals surface area contributed by atoms with Gasteiger partial charge in [-0.2, -0.15) is 4.31 Å². The Kier molecular flexibility index (Phi) is 5.98. The van der Waals surface area contributed by atoms with Crippen molar-refractivity contribution in [3.05, 3.63) is 64.5 Å². The first kappa shape index (κ1) is 21.7. The first-order chi connectivity index (χ1) is 14.8. The number of amides is 1. The molecule has 0 bridgehead atoms. The van der Waals surface area contributed by atoms with E-state index in [9.17, 15) is 17.6 Å². The van der Waals surface area contributed by atoms with E-state index in [4.69, 9.17) is 4.74 Å². The summed E-state index contributed by atoms with van der Waals surface area (Å²) < 4.78 is 48.5. The van der Waals surface area contributed by atoms with Gasteiger partial charge in [-0.1, -0.05) is 0 Å². The van der Waals surface area contributed by atoms with Gasteiger partial charge in [-0.05, 0) is 49.7 Å². The van der Waals surface area contributed by atoms with Crippen LogP contribution in [-0.4, -0.2) is 49.5 Å². The number of hydrogen-bond donors (Lipinski definition) is 1. The Morgan fingerprint density at radius 3 is 2.52 bits per heavy atom. The predicted molar refractivity (Wildman–Crippen MR) is 117 cm³/mol. The van der Waals surface area contributed by atoms with Crippen molar-refractivity contribution in [2.24, 2.45) is 0 Å². The summed E-state index contributed by atoms with van der Waals surface area (Å²) >= 11 is 1.49. The quantitative estimate of drug-likeness (QED) is 0.627. The van der Waals surface area contributed by atoms with Crippen LogP contribution in [0.2, 0.25) is 0 Å². The van der Waals surface area contributed by atoms with Crippen LogP contribution in [0.15, 0.2) is 47.6 Å². The molecular formula is C21H22FN3O4S2. The molecule has 1 amide bonds. The van der Waals surface area contributed by atoms with Gasteiger partial charge in [0.25, 0.3) is 5.91 Å². The fourth-order valence-corrected chi connectivity index (χ4v) is 6.05. The number of benzene rings is 1. The number of thiophene rings is 1. The van der Waals surface area contributed by atoms with Crippen LogP contribution in [0.4, 0.5) is 10.1 Å². The van der Waals surface area contributed by atoms with Crippen LogP contribution in [0.5, 0.6) is 0 Å². The molecule has 0 radical (unpaired) electrons. The fourth-order valence-electron chi connectivity index (χ4n) is 3.43. The Balaban J connectivity index is 1.66. The van der Waals surface area contributed by atoms with Gasteiger partial charge in [0.2, 0.25) is 10.0 Å². The lowest BCUT2D eigenvalue weighted by molar-refractivity contribution is 0.0729. The molecule has 1 saturated heterocycles. The van der Waals surface area contributed by atoms with Crippen molar-refractivity contribution in [1.29, 1.82) is 0 Å². The molecule has 164 valence electrons. The SMILES string of the molecule is Cc1sc(-n2cccc2)c(C(=O)Nc2ccc(F)c(S(=O)(=O)N3CCOCC3)c2)c1C. The number of rotatable bonds is 5. The van der Waals surface area contributed by atoms with Crippen molar-refractivity contribution < 1.29 is 22.3 Å². The van der Waals surface area contributed by atoms with E-state index in [0.717, 1.165) is 21.5 Å². The highest BCUT2D eigenvalue weighted by Crippen LogP contribution is 2.32. The Hall–Kier alpha value is -2.53. The summed E-state index contributed by atoms with van der Waals surface area (Å²) in [7, 11) is -4.04. The monoisotopic (exact) mass is 463 g/mol. The number of morpholine rings is 1. The molecule has 0 saturated carbocycles. The second-order valence-corrected chi connectivity index (χ2v) is 10.3. The maximum Gasteiger partial charge on any atom is 0.258 e. The molecule has 1 aliphatic rings. The lowest BCUT2D eigenvalue weighted by Crippen LogP contribution is -2.40. The number of carbonyl (C=O) groups is 1. The fraction of sp³-hybridized carbons (Fsp3) is 0.286. The summed E-state index contributed by atoms with van der Waals surface area (Å²) in [4.78, 5) is 13.7. The normalized spacial score (nSPS) is 15.2. The topological polar surface area (TPSA) is 80.6 Å². The summed E-state index contributed by atoms with van der Waals surface area (Å²) in [6.07, 6.45) is 3.71. The molecule has 4 rings (SSSR count). The summed E-state index contributed by atoms with van der Waals surface area (Å²) in [6.45, 7) is 4.64. The minimum atomic E-state index is -4.04. The predicted octanol–water partition coefficient (Wildman–Crippen LogP) is 3.57. The third kappa shape index (κ3) is 4.16. The molecule has 3 heterocycles. The zero-order chi connectivity index (χ0) is 22.2. The van der Waals surface area contributed by atoms with E-state index in [1.807, 2.05) is 42.9 Å². The zero-order valence-electron chi connectivity index (χ0n) is 17.1. The molecule has 1 fully saturated rings. The zero-order valence-corrected chi connectivity index (χ0v) is 18.7. The Morgan fingerprint density at radius 2 is 1.84 bits per heavy atom. The molecule has 7 nitrogen and oxygen atoms in total. The van der Waals surface area contributed by atoms with E-state index in [2.05, 4.69) is 5.32 Å². The minimum Gasteiger partial charge on any atom is -0.379 e. The van der Waals surface area contributed by atoms with E-state index in [-0.39, 0.29) is 37.9 Å². The smallest absolute Gasteiger partial charge is 0.258 e. The van der Waals surface area contributed by atoms with Crippen LogP contribution in [0.25, 0.3) is 5.00 Å². The van der Waals surface area contributed by atoms with Crippen molar-refractivity contribution in [3.63, 3.8) is 0 Å². The Bertz CT molecular complexity index is 1210. The van der Waals surface area contributed by atoms with E-state index in [0.29, 0.717) is 5.56 Å². The average molecular weight is 464 g/mol. The van der Waals surface area contributed by atoms with Gasteiger partial charge in [-0.25, -0.2) is 12.8 Å². The molecule has 31 heavy (non-hydrogen) atoms. The van der Waals surface area contributed by atoms with Crippen molar-refractivity contribution in [2.45, 2.75) is 18.7 Å². The highest BCUT2D eigenvalue weighted by Gasteiger charge is 2.29. The van der Waals surface area contributed by atoms with Crippen LogP contribution in [0.1, 0.15) is 20.8 Å². The number of anilines is 1. The second-order valence-electron chi connectivity index (χ2n) is 7.17. The first-order valence-corrected chi connectivity index (χ1v) is 12.0. The van der Waals surface area contributed by atoms with Crippen LogP contribution in [0.3, 0.4) is 0 Å². The lowest BCUT2D eigenvalue weighted by Gasteiger charge is -2.26. The van der Waals surface area contributed by atoms with E-state index in [1.165, 1.54) is 27.8 Å². The van der Waals surface area contributed by atoms with Gasteiger partial charge >= 0.3 is 0 Å². The van der Waals surface area contributed by atoms with Crippen molar-refractivity contribution in [2.75, 3.05) is 31.6 Å². The molecular weight excluding hydrogens is 441 g/mol. The largest absolute Gasteiger partial charge is 0.379 e. The van der Waals surface area contributed by atoms with Crippen LogP contribution >= 0.6 is 11.3 Å². The third-order valence-electron chi connectivity index (χ3n) is 5.21. The molecule has 0 spiro atoms. The number of aryl methyl sites for hydroxylation is 1. The first-order valence-electron chi connectivity index (χ1n) is 9.71. The second kappa shape index (κ2) is 8.54. The minimum absolute atomic E-state index is 0.159. The molecule has 0 unspecified atom stereocenters. The molecule has 0 atom stereocenters. The summed E-state index contributed by atoms with van der Waals surface area (Å²) in [5, 5.41) is 3.50. The highest BCUT2D eigenvalue weighted by molar-refractivity contribution is 7.89. The van der Waals surface area contributed by atoms with Gasteiger partial charge in [-0.15, -0.1) is 11.3 Å². The molecule has 1 aliphatic heterocycles. The standard InChI is InChI=1S/C21H22FN3O4S2/c1-14-15(2)30-21(24-7-3-4-8-24)19(14)20(26)23-16-5-6-17(22)18(13-16)31(27,28)25-9-11-29-12-10-25/h3-8,13H,9-12H2,1-2H3,(H,23,26). The molecule has 2 aromatic heterocycles.